The molecule has 128 valence electrons. The average molecular weight is 354 g/mol. The fraction of sp³-hybridized carbons (Fsp3) is 0.211. The number of hydrogen-bond acceptors (Lipinski definition) is 3. The Balaban J connectivity index is 2.04. The van der Waals surface area contributed by atoms with Crippen LogP contribution in [0.2, 0.25) is 0 Å². The Bertz CT molecular complexity index is 1060. The van der Waals surface area contributed by atoms with E-state index in [0.717, 1.165) is 5.56 Å². The number of nitrogens with one attached hydrogen (secondary N) is 1. The van der Waals surface area contributed by atoms with E-state index in [9.17, 15) is 9.59 Å². The van der Waals surface area contributed by atoms with Crippen LogP contribution in [0.15, 0.2) is 47.3 Å². The molecule has 0 spiro atoms. The van der Waals surface area contributed by atoms with Gasteiger partial charge in [0, 0.05) is 0 Å². The summed E-state index contributed by atoms with van der Waals surface area (Å²) in [6.45, 7) is 4.62. The molecule has 0 fully saturated rings. The Morgan fingerprint density at radius 1 is 1.20 bits per heavy atom. The number of fused-ring (bicyclic) bond motifs is 1. The lowest BCUT2D eigenvalue weighted by molar-refractivity contribution is 0.0697. The minimum absolute atomic E-state index is 0.111. The number of aromatic amines is 1. The molecule has 2 N–H and O–H groups in total. The van der Waals surface area contributed by atoms with Gasteiger partial charge in [-0.1, -0.05) is 38.1 Å². The lowest BCUT2D eigenvalue weighted by Crippen LogP contribution is -2.23. The number of hydrogen-bond donors (Lipinski definition) is 2. The van der Waals surface area contributed by atoms with Gasteiger partial charge in [0.15, 0.2) is 4.77 Å². The molecule has 1 aromatic heterocycles. The molecule has 0 aliphatic heterocycles. The Morgan fingerprint density at radius 3 is 2.48 bits per heavy atom. The SMILES string of the molecule is CC(C)c1ccc(Cn2c(=S)[nH]c3cc(C(=O)O)ccc3c2=O)cc1. The van der Waals surface area contributed by atoms with Gasteiger partial charge in [-0.05, 0) is 47.5 Å². The van der Waals surface area contributed by atoms with E-state index in [4.69, 9.17) is 17.3 Å². The molecule has 0 aliphatic carbocycles. The van der Waals surface area contributed by atoms with Crippen LogP contribution >= 0.6 is 12.2 Å². The van der Waals surface area contributed by atoms with Crippen LogP contribution in [0.1, 0.15) is 41.3 Å². The van der Waals surface area contributed by atoms with Crippen LogP contribution in [-0.2, 0) is 6.54 Å². The Kier molecular flexibility index (Phi) is 4.55. The van der Waals surface area contributed by atoms with E-state index in [1.165, 1.54) is 28.3 Å². The van der Waals surface area contributed by atoms with Crippen molar-refractivity contribution in [2.75, 3.05) is 0 Å². The van der Waals surface area contributed by atoms with Crippen molar-refractivity contribution in [2.24, 2.45) is 0 Å². The number of H-pyrrole nitrogens is 1. The van der Waals surface area contributed by atoms with E-state index in [1.807, 2.05) is 12.1 Å². The third-order valence-electron chi connectivity index (χ3n) is 4.22. The molecule has 25 heavy (non-hydrogen) atoms. The number of benzene rings is 2. The summed E-state index contributed by atoms with van der Waals surface area (Å²) in [6.07, 6.45) is 0. The van der Waals surface area contributed by atoms with Crippen molar-refractivity contribution in [2.45, 2.75) is 26.3 Å². The summed E-state index contributed by atoms with van der Waals surface area (Å²) in [7, 11) is 0. The molecule has 0 atom stereocenters. The van der Waals surface area contributed by atoms with Gasteiger partial charge in [-0.3, -0.25) is 9.36 Å². The molecule has 0 radical (unpaired) electrons. The zero-order valence-corrected chi connectivity index (χ0v) is 14.8. The second kappa shape index (κ2) is 6.64. The lowest BCUT2D eigenvalue weighted by atomic mass is 10.0. The molecule has 5 nitrogen and oxygen atoms in total. The highest BCUT2D eigenvalue weighted by atomic mass is 32.1. The third kappa shape index (κ3) is 3.39. The van der Waals surface area contributed by atoms with E-state index in [-0.39, 0.29) is 15.9 Å². The van der Waals surface area contributed by atoms with Gasteiger partial charge in [-0.2, -0.15) is 0 Å². The molecule has 0 aliphatic rings. The number of rotatable bonds is 4. The van der Waals surface area contributed by atoms with Crippen LogP contribution in [0, 0.1) is 4.77 Å². The van der Waals surface area contributed by atoms with Crippen molar-refractivity contribution in [3.63, 3.8) is 0 Å². The van der Waals surface area contributed by atoms with E-state index in [0.29, 0.717) is 23.4 Å². The molecule has 3 rings (SSSR count). The number of carboxylic acid groups (broad SMARTS) is 1. The Hall–Kier alpha value is -2.73. The van der Waals surface area contributed by atoms with E-state index in [2.05, 4.69) is 31.0 Å². The van der Waals surface area contributed by atoms with Gasteiger partial charge in [0.05, 0.1) is 23.0 Å². The summed E-state index contributed by atoms with van der Waals surface area (Å²) in [5.74, 6) is -0.598. The maximum atomic E-state index is 12.7. The summed E-state index contributed by atoms with van der Waals surface area (Å²) in [4.78, 5) is 26.8. The highest BCUT2D eigenvalue weighted by Crippen LogP contribution is 2.16. The summed E-state index contributed by atoms with van der Waals surface area (Å²) >= 11 is 5.30. The highest BCUT2D eigenvalue weighted by molar-refractivity contribution is 7.71. The van der Waals surface area contributed by atoms with Gasteiger partial charge in [0.25, 0.3) is 5.56 Å². The third-order valence-corrected chi connectivity index (χ3v) is 4.54. The van der Waals surface area contributed by atoms with Gasteiger partial charge in [-0.25, -0.2) is 4.79 Å². The average Bonchev–Trinajstić information content (AvgIpc) is 2.58. The normalized spacial score (nSPS) is 11.2. The number of carboxylic acids is 1. The topological polar surface area (TPSA) is 75.1 Å². The summed E-state index contributed by atoms with van der Waals surface area (Å²) in [6, 6.07) is 12.5. The molecular weight excluding hydrogens is 336 g/mol. The predicted octanol–water partition coefficient (Wildman–Crippen LogP) is 3.93. The molecule has 3 aromatic rings. The summed E-state index contributed by atoms with van der Waals surface area (Å²) in [5.41, 5.74) is 2.53. The monoisotopic (exact) mass is 354 g/mol. The van der Waals surface area contributed by atoms with Crippen LogP contribution in [-0.4, -0.2) is 20.6 Å². The molecule has 0 saturated carbocycles. The molecular formula is C19H18N2O3S. The van der Waals surface area contributed by atoms with E-state index >= 15 is 0 Å². The second-order valence-electron chi connectivity index (χ2n) is 6.28. The first-order valence-corrected chi connectivity index (χ1v) is 8.36. The van der Waals surface area contributed by atoms with Crippen LogP contribution in [0.3, 0.4) is 0 Å². The number of aromatic nitrogens is 2. The van der Waals surface area contributed by atoms with Gasteiger partial charge < -0.3 is 10.1 Å². The number of aromatic carboxylic acids is 1. The molecule has 0 unspecified atom stereocenters. The summed E-state index contributed by atoms with van der Waals surface area (Å²) < 4.78 is 1.76. The van der Waals surface area contributed by atoms with Crippen LogP contribution in [0.25, 0.3) is 10.9 Å². The quantitative estimate of drug-likeness (QED) is 0.696. The van der Waals surface area contributed by atoms with Crippen LogP contribution < -0.4 is 5.56 Å². The Labute approximate surface area is 149 Å². The van der Waals surface area contributed by atoms with Crippen molar-refractivity contribution in [1.82, 2.24) is 9.55 Å². The maximum Gasteiger partial charge on any atom is 0.335 e. The van der Waals surface area contributed by atoms with E-state index < -0.39 is 5.97 Å². The maximum absolute atomic E-state index is 12.7. The first-order valence-electron chi connectivity index (χ1n) is 7.96. The minimum atomic E-state index is -1.05. The van der Waals surface area contributed by atoms with Gasteiger partial charge >= 0.3 is 5.97 Å². The van der Waals surface area contributed by atoms with Gasteiger partial charge in [0.1, 0.15) is 0 Å². The molecule has 0 bridgehead atoms. The van der Waals surface area contributed by atoms with Crippen LogP contribution in [0.5, 0.6) is 0 Å². The first kappa shape index (κ1) is 17.1. The largest absolute Gasteiger partial charge is 0.478 e. The fourth-order valence-corrected chi connectivity index (χ4v) is 2.98. The second-order valence-corrected chi connectivity index (χ2v) is 6.67. The summed E-state index contributed by atoms with van der Waals surface area (Å²) in [5, 5.41) is 9.48. The highest BCUT2D eigenvalue weighted by Gasteiger charge is 2.10. The molecule has 0 saturated heterocycles. The van der Waals surface area contributed by atoms with Crippen molar-refractivity contribution >= 4 is 29.1 Å². The van der Waals surface area contributed by atoms with Crippen LogP contribution in [0.4, 0.5) is 0 Å². The van der Waals surface area contributed by atoms with Crippen molar-refractivity contribution < 1.29 is 9.90 Å². The standard InChI is InChI=1S/C19H18N2O3S/c1-11(2)13-5-3-12(4-6-13)10-21-17(22)15-8-7-14(18(23)24)9-16(15)20-19(21)25/h3-9,11H,10H2,1-2H3,(H,20,25)(H,23,24). The smallest absolute Gasteiger partial charge is 0.335 e. The minimum Gasteiger partial charge on any atom is -0.478 e. The molecule has 6 heteroatoms. The van der Waals surface area contributed by atoms with Crippen molar-refractivity contribution in [3.05, 3.63) is 74.3 Å². The van der Waals surface area contributed by atoms with Gasteiger partial charge in [-0.15, -0.1) is 0 Å². The van der Waals surface area contributed by atoms with Gasteiger partial charge in [0.2, 0.25) is 0 Å². The molecule has 0 amide bonds. The zero-order chi connectivity index (χ0) is 18.1. The predicted molar refractivity (Wildman–Crippen MR) is 100.0 cm³/mol. The number of nitrogens with zero attached hydrogens (tertiary/aromatic N) is 1. The van der Waals surface area contributed by atoms with E-state index in [1.54, 1.807) is 0 Å². The lowest BCUT2D eigenvalue weighted by Gasteiger charge is -2.10. The Morgan fingerprint density at radius 2 is 1.88 bits per heavy atom. The van der Waals surface area contributed by atoms with Crippen molar-refractivity contribution in [3.8, 4) is 0 Å². The first-order chi connectivity index (χ1) is 11.9. The zero-order valence-electron chi connectivity index (χ0n) is 13.9. The molecule has 2 aromatic carbocycles. The van der Waals surface area contributed by atoms with Crippen molar-refractivity contribution in [1.29, 1.82) is 0 Å². The number of carbonyl (C=O) groups is 1. The fourth-order valence-electron chi connectivity index (χ4n) is 2.72. The molecule has 1 heterocycles.